The van der Waals surface area contributed by atoms with Gasteiger partial charge >= 0.3 is 6.18 Å². The maximum atomic E-state index is 13.1. The van der Waals surface area contributed by atoms with Gasteiger partial charge in [-0.2, -0.15) is 13.2 Å². The first-order valence-electron chi connectivity index (χ1n) is 5.74. The fourth-order valence-electron chi connectivity index (χ4n) is 1.66. The van der Waals surface area contributed by atoms with E-state index < -0.39 is 27.6 Å². The Balaban J connectivity index is 2.40. The summed E-state index contributed by atoms with van der Waals surface area (Å²) in [5.74, 6) is -0.770. The van der Waals surface area contributed by atoms with Crippen molar-refractivity contribution in [2.24, 2.45) is 0 Å². The first-order chi connectivity index (χ1) is 10.1. The van der Waals surface area contributed by atoms with E-state index in [-0.39, 0.29) is 15.1 Å². The Morgan fingerprint density at radius 2 is 1.73 bits per heavy atom. The molecule has 22 heavy (non-hydrogen) atoms. The number of hydrogen-bond acceptors (Lipinski definition) is 2. The van der Waals surface area contributed by atoms with Gasteiger partial charge in [0, 0.05) is 4.47 Å². The van der Waals surface area contributed by atoms with Crippen molar-refractivity contribution in [2.45, 2.75) is 11.1 Å². The zero-order valence-corrected chi connectivity index (χ0v) is 13.1. The minimum absolute atomic E-state index is 0.0549. The van der Waals surface area contributed by atoms with Gasteiger partial charge in [0.15, 0.2) is 0 Å². The lowest BCUT2D eigenvalue weighted by atomic mass is 10.2. The number of hydrogen-bond donors (Lipinski definition) is 1. The number of nitrogens with one attached hydrogen (secondary N) is 1. The minimum atomic E-state index is -4.62. The van der Waals surface area contributed by atoms with Crippen LogP contribution in [0.15, 0.2) is 51.8 Å². The molecular formula is C13H8BrF4NO2S. The smallest absolute Gasteiger partial charge is 0.280 e. The molecule has 0 amide bonds. The summed E-state index contributed by atoms with van der Waals surface area (Å²) in [6.45, 7) is 0. The molecule has 0 saturated heterocycles. The second kappa shape index (κ2) is 5.88. The topological polar surface area (TPSA) is 46.2 Å². The zero-order chi connectivity index (χ0) is 16.5. The summed E-state index contributed by atoms with van der Waals surface area (Å²) in [5.41, 5.74) is -1.30. The van der Waals surface area contributed by atoms with Gasteiger partial charge in [-0.1, -0.05) is 22.0 Å². The molecule has 3 nitrogen and oxygen atoms in total. The van der Waals surface area contributed by atoms with E-state index in [1.54, 1.807) is 0 Å². The maximum Gasteiger partial charge on any atom is 0.416 e. The van der Waals surface area contributed by atoms with E-state index in [1.807, 2.05) is 4.72 Å². The van der Waals surface area contributed by atoms with E-state index in [2.05, 4.69) is 15.9 Å². The predicted octanol–water partition coefficient (Wildman–Crippen LogP) is 4.41. The van der Waals surface area contributed by atoms with E-state index in [4.69, 9.17) is 0 Å². The van der Waals surface area contributed by atoms with E-state index in [1.165, 1.54) is 12.1 Å². The average molecular weight is 398 g/mol. The highest BCUT2D eigenvalue weighted by molar-refractivity contribution is 9.10. The summed E-state index contributed by atoms with van der Waals surface area (Å²) in [7, 11) is -4.19. The Hall–Kier alpha value is -1.61. The van der Waals surface area contributed by atoms with Crippen molar-refractivity contribution in [3.8, 4) is 0 Å². The molecule has 2 aromatic carbocycles. The molecule has 0 bridgehead atoms. The third-order valence-corrected chi connectivity index (χ3v) is 4.42. The van der Waals surface area contributed by atoms with Crippen LogP contribution in [0.4, 0.5) is 23.2 Å². The van der Waals surface area contributed by atoms with Gasteiger partial charge in [-0.15, -0.1) is 0 Å². The van der Waals surface area contributed by atoms with Gasteiger partial charge in [0.25, 0.3) is 10.0 Å². The van der Waals surface area contributed by atoms with Gasteiger partial charge in [0.2, 0.25) is 0 Å². The number of alkyl halides is 3. The quantitative estimate of drug-likeness (QED) is 0.779. The van der Waals surface area contributed by atoms with Crippen LogP contribution in [0, 0.1) is 5.82 Å². The molecule has 0 radical (unpaired) electrons. The van der Waals surface area contributed by atoms with Crippen molar-refractivity contribution in [2.75, 3.05) is 4.72 Å². The van der Waals surface area contributed by atoms with Gasteiger partial charge < -0.3 is 0 Å². The summed E-state index contributed by atoms with van der Waals surface area (Å²) in [6, 6.07) is 6.79. The molecule has 1 N–H and O–H groups in total. The molecule has 0 unspecified atom stereocenters. The molecule has 0 spiro atoms. The largest absolute Gasteiger partial charge is 0.416 e. The summed E-state index contributed by atoms with van der Waals surface area (Å²) in [5, 5.41) is 0. The van der Waals surface area contributed by atoms with Crippen LogP contribution in [0.1, 0.15) is 5.56 Å². The molecule has 0 heterocycles. The Morgan fingerprint density at radius 1 is 1.05 bits per heavy atom. The average Bonchev–Trinajstić information content (AvgIpc) is 2.36. The first kappa shape index (κ1) is 16.8. The molecule has 0 aliphatic heterocycles. The molecule has 2 aromatic rings. The number of anilines is 1. The van der Waals surface area contributed by atoms with Crippen molar-refractivity contribution < 1.29 is 26.0 Å². The molecule has 0 aromatic heterocycles. The maximum absolute atomic E-state index is 13.1. The van der Waals surface area contributed by atoms with Crippen molar-refractivity contribution in [1.29, 1.82) is 0 Å². The van der Waals surface area contributed by atoms with Gasteiger partial charge in [-0.3, -0.25) is 4.72 Å². The van der Waals surface area contributed by atoms with Crippen LogP contribution in [-0.4, -0.2) is 8.42 Å². The number of benzene rings is 2. The molecular weight excluding hydrogens is 390 g/mol. The normalized spacial score (nSPS) is 12.2. The highest BCUT2D eigenvalue weighted by Gasteiger charge is 2.31. The van der Waals surface area contributed by atoms with Crippen LogP contribution < -0.4 is 4.72 Å². The molecule has 0 saturated carbocycles. The van der Waals surface area contributed by atoms with Crippen molar-refractivity contribution in [3.63, 3.8) is 0 Å². The second-order valence-corrected chi connectivity index (χ2v) is 6.89. The molecule has 0 fully saturated rings. The van der Waals surface area contributed by atoms with Gasteiger partial charge in [-0.25, -0.2) is 12.8 Å². The van der Waals surface area contributed by atoms with E-state index in [0.717, 1.165) is 24.3 Å². The predicted molar refractivity (Wildman–Crippen MR) is 76.4 cm³/mol. The van der Waals surface area contributed by atoms with Crippen LogP contribution in [0.5, 0.6) is 0 Å². The number of sulfonamides is 1. The van der Waals surface area contributed by atoms with Gasteiger partial charge in [-0.05, 0) is 36.4 Å². The van der Waals surface area contributed by atoms with E-state index in [9.17, 15) is 26.0 Å². The third-order valence-electron chi connectivity index (χ3n) is 2.58. The van der Waals surface area contributed by atoms with Crippen LogP contribution in [0.3, 0.4) is 0 Å². The molecule has 2 rings (SSSR count). The highest BCUT2D eigenvalue weighted by Crippen LogP contribution is 2.34. The van der Waals surface area contributed by atoms with Crippen molar-refractivity contribution >= 4 is 31.6 Å². The zero-order valence-electron chi connectivity index (χ0n) is 10.7. The Bertz CT molecular complexity index is 806. The van der Waals surface area contributed by atoms with E-state index in [0.29, 0.717) is 6.07 Å². The van der Waals surface area contributed by atoms with Crippen LogP contribution >= 0.6 is 15.9 Å². The van der Waals surface area contributed by atoms with Gasteiger partial charge in [0.05, 0.1) is 16.1 Å². The Morgan fingerprint density at radius 3 is 2.32 bits per heavy atom. The van der Waals surface area contributed by atoms with Crippen LogP contribution in [0.25, 0.3) is 0 Å². The number of rotatable bonds is 3. The molecule has 118 valence electrons. The lowest BCUT2D eigenvalue weighted by molar-refractivity contribution is -0.137. The van der Waals surface area contributed by atoms with E-state index >= 15 is 0 Å². The minimum Gasteiger partial charge on any atom is -0.280 e. The lowest BCUT2D eigenvalue weighted by Gasteiger charge is -2.12. The number of halogens is 5. The lowest BCUT2D eigenvalue weighted by Crippen LogP contribution is -2.14. The SMILES string of the molecule is O=S(=O)(Nc1cc(Br)cc(C(F)(F)F)c1)c1cccc(F)c1. The second-order valence-electron chi connectivity index (χ2n) is 4.29. The van der Waals surface area contributed by atoms with Crippen LogP contribution in [-0.2, 0) is 16.2 Å². The van der Waals surface area contributed by atoms with Gasteiger partial charge in [0.1, 0.15) is 5.82 Å². The summed E-state index contributed by atoms with van der Waals surface area (Å²) >= 11 is 2.89. The summed E-state index contributed by atoms with van der Waals surface area (Å²) < 4.78 is 77.3. The molecule has 0 aliphatic rings. The van der Waals surface area contributed by atoms with Crippen molar-refractivity contribution in [1.82, 2.24) is 0 Å². The van der Waals surface area contributed by atoms with Crippen molar-refractivity contribution in [3.05, 3.63) is 58.3 Å². The van der Waals surface area contributed by atoms with Crippen LogP contribution in [0.2, 0.25) is 0 Å². The fraction of sp³-hybridized carbons (Fsp3) is 0.0769. The Labute approximate surface area is 132 Å². The summed E-state index contributed by atoms with van der Waals surface area (Å²) in [6.07, 6.45) is -4.62. The monoisotopic (exact) mass is 397 g/mol. The summed E-state index contributed by atoms with van der Waals surface area (Å²) in [4.78, 5) is -0.388. The molecule has 0 atom stereocenters. The fourth-order valence-corrected chi connectivity index (χ4v) is 3.23. The molecule has 9 heteroatoms. The third kappa shape index (κ3) is 3.98. The molecule has 0 aliphatic carbocycles. The standard InChI is InChI=1S/C13H8BrF4NO2S/c14-9-4-8(13(16,17)18)5-11(6-9)19-22(20,21)12-3-1-2-10(15)7-12/h1-7,19H. The highest BCUT2D eigenvalue weighted by atomic mass is 79.9. The Kier molecular flexibility index (Phi) is 4.48. The first-order valence-corrected chi connectivity index (χ1v) is 8.02.